The number of nitrogens with one attached hydrogen (secondary N) is 1. The van der Waals surface area contributed by atoms with Crippen molar-refractivity contribution in [1.82, 2.24) is 9.55 Å². The van der Waals surface area contributed by atoms with Gasteiger partial charge in [0.1, 0.15) is 6.23 Å². The first-order valence-corrected chi connectivity index (χ1v) is 5.28. The van der Waals surface area contributed by atoms with E-state index in [-0.39, 0.29) is 6.61 Å². The Morgan fingerprint density at radius 3 is 3.00 bits per heavy atom. The van der Waals surface area contributed by atoms with Crippen LogP contribution in [0.1, 0.15) is 12.6 Å². The van der Waals surface area contributed by atoms with E-state index in [1.54, 1.807) is 6.08 Å². The van der Waals surface area contributed by atoms with Crippen molar-refractivity contribution in [2.75, 3.05) is 13.2 Å². The van der Waals surface area contributed by atoms with E-state index in [1.165, 1.54) is 16.8 Å². The molecule has 1 aliphatic rings. The lowest BCUT2D eigenvalue weighted by Crippen LogP contribution is -2.31. The smallest absolute Gasteiger partial charge is 0.330 e. The Balaban J connectivity index is 2.29. The Kier molecular flexibility index (Phi) is 2.99. The molecule has 6 heteroatoms. The molecule has 92 valence electrons. The van der Waals surface area contributed by atoms with Crippen LogP contribution in [0.5, 0.6) is 0 Å². The lowest BCUT2D eigenvalue weighted by molar-refractivity contribution is 0.0444. The Hall–Kier alpha value is -1.66. The molecule has 17 heavy (non-hydrogen) atoms. The predicted octanol–water partition coefficient (Wildman–Crippen LogP) is -0.380. The number of rotatable bonds is 3. The van der Waals surface area contributed by atoms with E-state index in [9.17, 15) is 14.7 Å². The minimum Gasteiger partial charge on any atom is -0.395 e. The second-order valence-electron chi connectivity index (χ2n) is 4.21. The Morgan fingerprint density at radius 2 is 2.47 bits per heavy atom. The fourth-order valence-corrected chi connectivity index (χ4v) is 1.88. The maximum atomic E-state index is 11.6. The Morgan fingerprint density at radius 1 is 1.71 bits per heavy atom. The van der Waals surface area contributed by atoms with Gasteiger partial charge in [0.25, 0.3) is 5.56 Å². The van der Waals surface area contributed by atoms with E-state index < -0.39 is 22.9 Å². The van der Waals surface area contributed by atoms with Gasteiger partial charge in [-0.15, -0.1) is 6.58 Å². The molecule has 0 bridgehead atoms. The van der Waals surface area contributed by atoms with Gasteiger partial charge in [-0.1, -0.05) is 6.08 Å². The van der Waals surface area contributed by atoms with Gasteiger partial charge in [-0.2, -0.15) is 0 Å². The summed E-state index contributed by atoms with van der Waals surface area (Å²) >= 11 is 0. The van der Waals surface area contributed by atoms with Crippen LogP contribution in [0.4, 0.5) is 0 Å². The summed E-state index contributed by atoms with van der Waals surface area (Å²) in [4.78, 5) is 24.6. The van der Waals surface area contributed by atoms with Crippen molar-refractivity contribution < 1.29 is 9.84 Å². The van der Waals surface area contributed by atoms with Gasteiger partial charge in [0.15, 0.2) is 0 Å². The summed E-state index contributed by atoms with van der Waals surface area (Å²) in [5.41, 5.74) is -1.47. The average molecular weight is 238 g/mol. The van der Waals surface area contributed by atoms with Crippen LogP contribution in [0.15, 0.2) is 34.5 Å². The molecule has 2 atom stereocenters. The molecular formula is C11H14N2O4. The summed E-state index contributed by atoms with van der Waals surface area (Å²) in [5, 5.41) is 9.30. The van der Waals surface area contributed by atoms with Crippen molar-refractivity contribution in [1.29, 1.82) is 0 Å². The van der Waals surface area contributed by atoms with Crippen molar-refractivity contribution in [3.05, 3.63) is 45.8 Å². The molecule has 1 saturated heterocycles. The molecule has 0 aliphatic carbocycles. The molecule has 1 aromatic heterocycles. The van der Waals surface area contributed by atoms with Crippen LogP contribution in [-0.2, 0) is 4.74 Å². The lowest BCUT2D eigenvalue weighted by Gasteiger charge is -2.19. The van der Waals surface area contributed by atoms with Crippen LogP contribution in [0.25, 0.3) is 0 Å². The molecule has 0 spiro atoms. The zero-order chi connectivity index (χ0) is 12.5. The number of H-pyrrole nitrogens is 1. The number of aliphatic hydroxyl groups excluding tert-OH is 1. The first-order chi connectivity index (χ1) is 8.10. The highest BCUT2D eigenvalue weighted by molar-refractivity contribution is 5.00. The normalized spacial score (nSPS) is 28.2. The molecule has 2 rings (SSSR count). The van der Waals surface area contributed by atoms with Crippen molar-refractivity contribution in [3.8, 4) is 0 Å². The van der Waals surface area contributed by atoms with Crippen LogP contribution in [0.2, 0.25) is 0 Å². The minimum atomic E-state index is -0.514. The fourth-order valence-electron chi connectivity index (χ4n) is 1.88. The van der Waals surface area contributed by atoms with Crippen molar-refractivity contribution in [2.45, 2.75) is 12.6 Å². The summed E-state index contributed by atoms with van der Waals surface area (Å²) < 4.78 is 6.77. The van der Waals surface area contributed by atoms with E-state index in [0.29, 0.717) is 13.0 Å². The largest absolute Gasteiger partial charge is 0.395 e. The standard InChI is InChI=1S/C11H14N2O4/c1-2-11(6-14)5-9(17-7-11)13-4-3-8(15)12-10(13)16/h2-4,9,14H,1,5-7H2,(H,12,15,16)/t9-,11+/m0/s1. The molecule has 6 nitrogen and oxygen atoms in total. The van der Waals surface area contributed by atoms with E-state index >= 15 is 0 Å². The zero-order valence-electron chi connectivity index (χ0n) is 9.26. The molecule has 1 fully saturated rings. The predicted molar refractivity (Wildman–Crippen MR) is 60.6 cm³/mol. The van der Waals surface area contributed by atoms with Crippen molar-refractivity contribution in [2.24, 2.45) is 5.41 Å². The SMILES string of the molecule is C=C[C@@]1(CO)CO[C@H](n2ccc(=O)[nH]c2=O)C1. The molecule has 2 heterocycles. The number of hydrogen-bond donors (Lipinski definition) is 2. The number of aromatic nitrogens is 2. The van der Waals surface area contributed by atoms with Crippen LogP contribution in [0.3, 0.4) is 0 Å². The lowest BCUT2D eigenvalue weighted by atomic mass is 9.88. The van der Waals surface area contributed by atoms with Gasteiger partial charge in [-0.3, -0.25) is 14.3 Å². The first-order valence-electron chi connectivity index (χ1n) is 5.28. The Bertz CT molecular complexity index is 533. The van der Waals surface area contributed by atoms with E-state index in [1.807, 2.05) is 0 Å². The van der Waals surface area contributed by atoms with Gasteiger partial charge in [0.2, 0.25) is 0 Å². The number of hydrogen-bond acceptors (Lipinski definition) is 4. The summed E-state index contributed by atoms with van der Waals surface area (Å²) in [5.74, 6) is 0. The maximum Gasteiger partial charge on any atom is 0.330 e. The molecule has 0 amide bonds. The zero-order valence-corrected chi connectivity index (χ0v) is 9.26. The summed E-state index contributed by atoms with van der Waals surface area (Å²) in [6.45, 7) is 3.90. The van der Waals surface area contributed by atoms with Gasteiger partial charge in [0, 0.05) is 24.1 Å². The second-order valence-corrected chi connectivity index (χ2v) is 4.21. The molecule has 0 radical (unpaired) electrons. The molecule has 0 aromatic carbocycles. The molecule has 2 N–H and O–H groups in total. The monoisotopic (exact) mass is 238 g/mol. The highest BCUT2D eigenvalue weighted by Crippen LogP contribution is 2.37. The van der Waals surface area contributed by atoms with E-state index in [2.05, 4.69) is 11.6 Å². The van der Waals surface area contributed by atoms with Gasteiger partial charge in [0.05, 0.1) is 13.2 Å². The first kappa shape index (κ1) is 11.8. The number of aromatic amines is 1. The third-order valence-corrected chi connectivity index (χ3v) is 3.05. The van der Waals surface area contributed by atoms with Gasteiger partial charge in [-0.25, -0.2) is 4.79 Å². The van der Waals surface area contributed by atoms with E-state index in [4.69, 9.17) is 4.74 Å². The fraction of sp³-hybridized carbons (Fsp3) is 0.455. The molecule has 1 aliphatic heterocycles. The highest BCUT2D eigenvalue weighted by Gasteiger charge is 2.38. The topological polar surface area (TPSA) is 84.3 Å². The van der Waals surface area contributed by atoms with Crippen molar-refractivity contribution in [3.63, 3.8) is 0 Å². The highest BCUT2D eigenvalue weighted by atomic mass is 16.5. The third-order valence-electron chi connectivity index (χ3n) is 3.05. The molecular weight excluding hydrogens is 224 g/mol. The quantitative estimate of drug-likeness (QED) is 0.703. The van der Waals surface area contributed by atoms with Gasteiger partial charge >= 0.3 is 5.69 Å². The number of nitrogens with zero attached hydrogens (tertiary/aromatic N) is 1. The number of aliphatic hydroxyl groups is 1. The van der Waals surface area contributed by atoms with Crippen LogP contribution >= 0.6 is 0 Å². The van der Waals surface area contributed by atoms with Gasteiger partial charge in [-0.05, 0) is 0 Å². The minimum absolute atomic E-state index is 0.0783. The van der Waals surface area contributed by atoms with Gasteiger partial charge < -0.3 is 9.84 Å². The summed E-state index contributed by atoms with van der Waals surface area (Å²) in [6.07, 6.45) is 3.01. The molecule has 1 aromatic rings. The molecule has 0 saturated carbocycles. The van der Waals surface area contributed by atoms with Crippen LogP contribution in [0, 0.1) is 5.41 Å². The number of ether oxygens (including phenoxy) is 1. The summed E-state index contributed by atoms with van der Waals surface area (Å²) in [6, 6.07) is 1.26. The maximum absolute atomic E-state index is 11.6. The average Bonchev–Trinajstić information content (AvgIpc) is 2.74. The van der Waals surface area contributed by atoms with Crippen LogP contribution in [-0.4, -0.2) is 27.9 Å². The van der Waals surface area contributed by atoms with Crippen LogP contribution < -0.4 is 11.2 Å². The Labute approximate surface area is 97.2 Å². The molecule has 0 unspecified atom stereocenters. The second kappa shape index (κ2) is 4.31. The van der Waals surface area contributed by atoms with E-state index in [0.717, 1.165) is 0 Å². The third kappa shape index (κ3) is 2.09. The summed E-state index contributed by atoms with van der Waals surface area (Å²) in [7, 11) is 0. The van der Waals surface area contributed by atoms with Crippen molar-refractivity contribution >= 4 is 0 Å².